The van der Waals surface area contributed by atoms with Crippen molar-refractivity contribution in [2.24, 2.45) is 5.73 Å². The van der Waals surface area contributed by atoms with Crippen molar-refractivity contribution in [1.82, 2.24) is 0 Å². The Morgan fingerprint density at radius 2 is 2.08 bits per heavy atom. The lowest BCUT2D eigenvalue weighted by Crippen LogP contribution is -2.27. The first-order chi connectivity index (χ1) is 5.85. The van der Waals surface area contributed by atoms with Crippen LogP contribution >= 0.6 is 0 Å². The van der Waals surface area contributed by atoms with E-state index < -0.39 is 18.3 Å². The molecule has 13 heavy (non-hydrogen) atoms. The SMILES string of the molecule is CC(C)(C)OC(=O)CC[C@H](N)CF. The minimum absolute atomic E-state index is 0.183. The summed E-state index contributed by atoms with van der Waals surface area (Å²) in [5.41, 5.74) is 4.83. The van der Waals surface area contributed by atoms with Gasteiger partial charge in [-0.05, 0) is 27.2 Å². The van der Waals surface area contributed by atoms with Crippen LogP contribution in [0.1, 0.15) is 33.6 Å². The van der Waals surface area contributed by atoms with Crippen LogP contribution in [0.4, 0.5) is 4.39 Å². The molecule has 0 aromatic carbocycles. The lowest BCUT2D eigenvalue weighted by molar-refractivity contribution is -0.155. The van der Waals surface area contributed by atoms with Crippen molar-refractivity contribution in [3.8, 4) is 0 Å². The van der Waals surface area contributed by atoms with Crippen molar-refractivity contribution in [2.75, 3.05) is 6.67 Å². The fourth-order valence-corrected chi connectivity index (χ4v) is 0.773. The van der Waals surface area contributed by atoms with Gasteiger partial charge in [0, 0.05) is 12.5 Å². The van der Waals surface area contributed by atoms with E-state index >= 15 is 0 Å². The summed E-state index contributed by atoms with van der Waals surface area (Å²) < 4.78 is 16.9. The first-order valence-electron chi connectivity index (χ1n) is 4.38. The number of hydrogen-bond donors (Lipinski definition) is 1. The molecule has 2 N–H and O–H groups in total. The predicted octanol–water partition coefficient (Wildman–Crippen LogP) is 1.41. The molecule has 0 amide bonds. The third kappa shape index (κ3) is 7.71. The highest BCUT2D eigenvalue weighted by molar-refractivity contribution is 5.69. The smallest absolute Gasteiger partial charge is 0.306 e. The van der Waals surface area contributed by atoms with Crippen LogP contribution in [0.5, 0.6) is 0 Å². The Bertz CT molecular complexity index is 165. The first-order valence-corrected chi connectivity index (χ1v) is 4.38. The van der Waals surface area contributed by atoms with Gasteiger partial charge in [-0.1, -0.05) is 0 Å². The molecule has 0 fully saturated rings. The van der Waals surface area contributed by atoms with Gasteiger partial charge in [0.25, 0.3) is 0 Å². The zero-order valence-corrected chi connectivity index (χ0v) is 8.47. The summed E-state index contributed by atoms with van der Waals surface area (Å²) in [6.07, 6.45) is 0.522. The topological polar surface area (TPSA) is 52.3 Å². The number of carbonyl (C=O) groups is 1. The number of esters is 1. The zero-order valence-electron chi connectivity index (χ0n) is 8.47. The minimum Gasteiger partial charge on any atom is -0.460 e. The molecule has 78 valence electrons. The largest absolute Gasteiger partial charge is 0.460 e. The normalized spacial score (nSPS) is 13.9. The van der Waals surface area contributed by atoms with Crippen LogP contribution in [0.2, 0.25) is 0 Å². The Morgan fingerprint density at radius 3 is 2.46 bits per heavy atom. The van der Waals surface area contributed by atoms with Crippen LogP contribution in [0.3, 0.4) is 0 Å². The van der Waals surface area contributed by atoms with Crippen molar-refractivity contribution in [2.45, 2.75) is 45.3 Å². The van der Waals surface area contributed by atoms with Gasteiger partial charge in [0.1, 0.15) is 12.3 Å². The van der Waals surface area contributed by atoms with Gasteiger partial charge in [0.15, 0.2) is 0 Å². The minimum atomic E-state index is -0.594. The molecule has 4 heteroatoms. The molecule has 0 bridgehead atoms. The lowest BCUT2D eigenvalue weighted by Gasteiger charge is -2.19. The van der Waals surface area contributed by atoms with E-state index in [-0.39, 0.29) is 12.4 Å². The molecule has 1 atom stereocenters. The fourth-order valence-electron chi connectivity index (χ4n) is 0.773. The maximum Gasteiger partial charge on any atom is 0.306 e. The van der Waals surface area contributed by atoms with Gasteiger partial charge in [0.2, 0.25) is 0 Å². The second-order valence-electron chi connectivity index (χ2n) is 4.04. The molecule has 0 aliphatic carbocycles. The first kappa shape index (κ1) is 12.4. The van der Waals surface area contributed by atoms with Gasteiger partial charge >= 0.3 is 5.97 Å². The zero-order chi connectivity index (χ0) is 10.5. The number of alkyl halides is 1. The van der Waals surface area contributed by atoms with Crippen molar-refractivity contribution >= 4 is 5.97 Å². The lowest BCUT2D eigenvalue weighted by atomic mass is 10.1. The fraction of sp³-hybridized carbons (Fsp3) is 0.889. The molecule has 0 radical (unpaired) electrons. The molecule has 0 aromatic rings. The average Bonchev–Trinajstić information content (AvgIpc) is 1.97. The quantitative estimate of drug-likeness (QED) is 0.683. The number of ether oxygens (including phenoxy) is 1. The summed E-state index contributed by atoms with van der Waals surface area (Å²) in [6.45, 7) is 4.78. The molecule has 0 rings (SSSR count). The van der Waals surface area contributed by atoms with Crippen LogP contribution in [-0.2, 0) is 9.53 Å². The number of carbonyl (C=O) groups excluding carboxylic acids is 1. The summed E-state index contributed by atoms with van der Waals surface area (Å²) in [5, 5.41) is 0. The van der Waals surface area contributed by atoms with Gasteiger partial charge in [-0.25, -0.2) is 4.39 Å². The van der Waals surface area contributed by atoms with E-state index in [9.17, 15) is 9.18 Å². The molecule has 0 saturated carbocycles. The molecule has 0 aliphatic rings. The molecule has 3 nitrogen and oxygen atoms in total. The Morgan fingerprint density at radius 1 is 1.54 bits per heavy atom. The predicted molar refractivity (Wildman–Crippen MR) is 49.0 cm³/mol. The molecule has 0 aromatic heterocycles. The van der Waals surface area contributed by atoms with Crippen molar-refractivity contribution in [1.29, 1.82) is 0 Å². The van der Waals surface area contributed by atoms with E-state index in [1.54, 1.807) is 20.8 Å². The molecule has 0 saturated heterocycles. The standard InChI is InChI=1S/C9H18FNO2/c1-9(2,3)13-8(12)5-4-7(11)6-10/h7H,4-6,11H2,1-3H3/t7-/m0/s1. The van der Waals surface area contributed by atoms with Crippen molar-refractivity contribution in [3.05, 3.63) is 0 Å². The third-order valence-corrected chi connectivity index (χ3v) is 1.34. The van der Waals surface area contributed by atoms with Crippen LogP contribution in [0.15, 0.2) is 0 Å². The van der Waals surface area contributed by atoms with Gasteiger partial charge in [0.05, 0.1) is 0 Å². The van der Waals surface area contributed by atoms with E-state index in [0.29, 0.717) is 6.42 Å². The van der Waals surface area contributed by atoms with Gasteiger partial charge in [-0.3, -0.25) is 4.79 Å². The Kier molecular flexibility index (Phi) is 4.91. The third-order valence-electron chi connectivity index (χ3n) is 1.34. The average molecular weight is 191 g/mol. The van der Waals surface area contributed by atoms with Crippen molar-refractivity contribution < 1.29 is 13.9 Å². The van der Waals surface area contributed by atoms with E-state index in [1.807, 2.05) is 0 Å². The highest BCUT2D eigenvalue weighted by Crippen LogP contribution is 2.09. The molecular formula is C9H18FNO2. The van der Waals surface area contributed by atoms with E-state index in [1.165, 1.54) is 0 Å². The van der Waals surface area contributed by atoms with Crippen molar-refractivity contribution in [3.63, 3.8) is 0 Å². The number of rotatable bonds is 4. The highest BCUT2D eigenvalue weighted by Gasteiger charge is 2.16. The summed E-state index contributed by atoms with van der Waals surface area (Å²) >= 11 is 0. The monoisotopic (exact) mass is 191 g/mol. The number of halogens is 1. The molecular weight excluding hydrogens is 173 g/mol. The van der Waals surface area contributed by atoms with E-state index in [0.717, 1.165) is 0 Å². The Hall–Kier alpha value is -0.640. The summed E-state index contributed by atoms with van der Waals surface area (Å²) in [6, 6.07) is -0.549. The van der Waals surface area contributed by atoms with E-state index in [2.05, 4.69) is 0 Å². The van der Waals surface area contributed by atoms with Gasteiger partial charge in [-0.2, -0.15) is 0 Å². The second kappa shape index (κ2) is 5.17. The summed E-state index contributed by atoms with van der Waals surface area (Å²) in [4.78, 5) is 11.1. The van der Waals surface area contributed by atoms with Gasteiger partial charge < -0.3 is 10.5 Å². The molecule has 0 heterocycles. The maximum atomic E-state index is 11.9. The van der Waals surface area contributed by atoms with Gasteiger partial charge in [-0.15, -0.1) is 0 Å². The van der Waals surface area contributed by atoms with Crippen LogP contribution in [0.25, 0.3) is 0 Å². The van der Waals surface area contributed by atoms with Crippen LogP contribution in [-0.4, -0.2) is 24.3 Å². The Balaban J connectivity index is 3.64. The Labute approximate surface area is 78.4 Å². The summed E-state index contributed by atoms with van der Waals surface area (Å²) in [5.74, 6) is -0.323. The highest BCUT2D eigenvalue weighted by atomic mass is 19.1. The van der Waals surface area contributed by atoms with E-state index in [4.69, 9.17) is 10.5 Å². The van der Waals surface area contributed by atoms with Crippen LogP contribution in [0, 0.1) is 0 Å². The van der Waals surface area contributed by atoms with Crippen LogP contribution < -0.4 is 5.73 Å². The molecule has 0 unspecified atom stereocenters. The summed E-state index contributed by atoms with van der Waals surface area (Å²) in [7, 11) is 0. The molecule has 0 spiro atoms. The molecule has 0 aliphatic heterocycles. The maximum absolute atomic E-state index is 11.9. The second-order valence-corrected chi connectivity index (χ2v) is 4.04. The number of hydrogen-bond acceptors (Lipinski definition) is 3. The number of nitrogens with two attached hydrogens (primary N) is 1.